The largest absolute Gasteiger partial charge is 0.397 e. The fourth-order valence-corrected chi connectivity index (χ4v) is 1.77. The van der Waals surface area contributed by atoms with Crippen LogP contribution in [0.2, 0.25) is 0 Å². The summed E-state index contributed by atoms with van der Waals surface area (Å²) in [4.78, 5) is 0. The lowest BCUT2D eigenvalue weighted by molar-refractivity contribution is 0.0672. The van der Waals surface area contributed by atoms with Crippen LogP contribution >= 0.6 is 0 Å². The molecule has 0 bridgehead atoms. The molecule has 0 heterocycles. The van der Waals surface area contributed by atoms with Gasteiger partial charge in [0.05, 0.1) is 5.60 Å². The highest BCUT2D eigenvalue weighted by Gasteiger charge is 2.27. The van der Waals surface area contributed by atoms with E-state index in [2.05, 4.69) is 4.18 Å². The van der Waals surface area contributed by atoms with Crippen molar-refractivity contribution in [3.05, 3.63) is 0 Å². The van der Waals surface area contributed by atoms with Gasteiger partial charge < -0.3 is 0 Å². The third kappa shape index (κ3) is 4.69. The van der Waals surface area contributed by atoms with E-state index in [9.17, 15) is 8.42 Å². The summed E-state index contributed by atoms with van der Waals surface area (Å²) in [5.74, 6) is 0. The van der Waals surface area contributed by atoms with Gasteiger partial charge in [0.25, 0.3) is 0 Å². The summed E-state index contributed by atoms with van der Waals surface area (Å²) < 4.78 is 33.8. The molecule has 0 aromatic heterocycles. The number of hydrogen-bond acceptors (Lipinski definition) is 3. The molecule has 1 unspecified atom stereocenters. The first-order valence-corrected chi connectivity index (χ1v) is 5.37. The molecule has 0 aliphatic heterocycles. The highest BCUT2D eigenvalue weighted by molar-refractivity contribution is 7.80. The molecule has 0 aliphatic carbocycles. The van der Waals surface area contributed by atoms with Crippen LogP contribution in [0.25, 0.3) is 0 Å². The summed E-state index contributed by atoms with van der Waals surface area (Å²) >= 11 is 0. The standard InChI is InChI=1S/C7H16O4S/c1-4-6-7(3,5-2)11-12(8,9)10/h4-6H2,1-3H3,(H,8,9,10). The normalized spacial score (nSPS) is 17.3. The highest BCUT2D eigenvalue weighted by atomic mass is 32.3. The Kier molecular flexibility index (Phi) is 4.16. The molecule has 4 nitrogen and oxygen atoms in total. The fourth-order valence-electron chi connectivity index (χ4n) is 1.06. The lowest BCUT2D eigenvalue weighted by Gasteiger charge is -2.25. The van der Waals surface area contributed by atoms with Crippen LogP contribution in [0.5, 0.6) is 0 Å². The average molecular weight is 196 g/mol. The van der Waals surface area contributed by atoms with E-state index in [0.29, 0.717) is 12.8 Å². The minimum Gasteiger partial charge on any atom is -0.264 e. The van der Waals surface area contributed by atoms with Gasteiger partial charge in [0.15, 0.2) is 0 Å². The summed E-state index contributed by atoms with van der Waals surface area (Å²) in [6.07, 6.45) is 1.99. The van der Waals surface area contributed by atoms with Crippen LogP contribution in [-0.2, 0) is 14.6 Å². The molecule has 0 saturated carbocycles. The molecular formula is C7H16O4S. The minimum atomic E-state index is -4.32. The Morgan fingerprint density at radius 1 is 1.42 bits per heavy atom. The summed E-state index contributed by atoms with van der Waals surface area (Å²) in [5.41, 5.74) is -0.762. The van der Waals surface area contributed by atoms with Crippen molar-refractivity contribution < 1.29 is 17.2 Å². The van der Waals surface area contributed by atoms with E-state index in [1.165, 1.54) is 0 Å². The topological polar surface area (TPSA) is 63.6 Å². The first-order chi connectivity index (χ1) is 5.33. The van der Waals surface area contributed by atoms with Crippen molar-refractivity contribution in [1.82, 2.24) is 0 Å². The van der Waals surface area contributed by atoms with Gasteiger partial charge in [-0.15, -0.1) is 0 Å². The molecule has 0 radical (unpaired) electrons. The van der Waals surface area contributed by atoms with E-state index in [-0.39, 0.29) is 0 Å². The van der Waals surface area contributed by atoms with Crippen LogP contribution < -0.4 is 0 Å². The van der Waals surface area contributed by atoms with Gasteiger partial charge in [-0.05, 0) is 19.8 Å². The predicted octanol–water partition coefficient (Wildman–Crippen LogP) is 1.77. The summed E-state index contributed by atoms with van der Waals surface area (Å²) in [7, 11) is -4.32. The maximum absolute atomic E-state index is 10.4. The van der Waals surface area contributed by atoms with E-state index in [4.69, 9.17) is 4.55 Å². The van der Waals surface area contributed by atoms with Gasteiger partial charge >= 0.3 is 10.4 Å². The number of hydrogen-bond donors (Lipinski definition) is 1. The monoisotopic (exact) mass is 196 g/mol. The van der Waals surface area contributed by atoms with Gasteiger partial charge in [-0.3, -0.25) is 4.55 Å². The van der Waals surface area contributed by atoms with Crippen molar-refractivity contribution in [3.8, 4) is 0 Å². The molecule has 0 amide bonds. The molecule has 12 heavy (non-hydrogen) atoms. The number of rotatable bonds is 5. The molecule has 0 aromatic rings. The van der Waals surface area contributed by atoms with Gasteiger partial charge in [-0.25, -0.2) is 4.18 Å². The Morgan fingerprint density at radius 3 is 2.17 bits per heavy atom. The zero-order valence-electron chi connectivity index (χ0n) is 7.70. The predicted molar refractivity (Wildman–Crippen MR) is 46.2 cm³/mol. The van der Waals surface area contributed by atoms with Gasteiger partial charge in [0.2, 0.25) is 0 Å². The molecule has 74 valence electrons. The molecule has 5 heteroatoms. The van der Waals surface area contributed by atoms with E-state index in [1.807, 2.05) is 13.8 Å². The summed E-state index contributed by atoms with van der Waals surface area (Å²) in [6.45, 7) is 5.42. The van der Waals surface area contributed by atoms with E-state index in [1.54, 1.807) is 6.92 Å². The summed E-state index contributed by atoms with van der Waals surface area (Å²) in [6, 6.07) is 0. The second kappa shape index (κ2) is 4.20. The molecule has 0 aromatic carbocycles. The van der Waals surface area contributed by atoms with Gasteiger partial charge in [0, 0.05) is 0 Å². The van der Waals surface area contributed by atoms with E-state index in [0.717, 1.165) is 6.42 Å². The molecule has 0 spiro atoms. The summed E-state index contributed by atoms with van der Waals surface area (Å²) in [5, 5.41) is 0. The zero-order valence-corrected chi connectivity index (χ0v) is 8.52. The van der Waals surface area contributed by atoms with Crippen molar-refractivity contribution >= 4 is 10.4 Å². The Morgan fingerprint density at radius 2 is 1.92 bits per heavy atom. The minimum absolute atomic E-state index is 0.556. The van der Waals surface area contributed by atoms with Gasteiger partial charge in [-0.2, -0.15) is 8.42 Å². The fraction of sp³-hybridized carbons (Fsp3) is 1.00. The highest BCUT2D eigenvalue weighted by Crippen LogP contribution is 2.23. The molecule has 0 fully saturated rings. The van der Waals surface area contributed by atoms with E-state index < -0.39 is 16.0 Å². The van der Waals surface area contributed by atoms with E-state index >= 15 is 0 Å². The van der Waals surface area contributed by atoms with Crippen LogP contribution in [0, 0.1) is 0 Å². The second-order valence-electron chi connectivity index (χ2n) is 3.06. The first kappa shape index (κ1) is 11.9. The van der Waals surface area contributed by atoms with Crippen molar-refractivity contribution in [1.29, 1.82) is 0 Å². The smallest absolute Gasteiger partial charge is 0.264 e. The Hall–Kier alpha value is -0.130. The van der Waals surface area contributed by atoms with Crippen LogP contribution in [0.4, 0.5) is 0 Å². The molecule has 1 N–H and O–H groups in total. The van der Waals surface area contributed by atoms with Crippen molar-refractivity contribution in [3.63, 3.8) is 0 Å². The lowest BCUT2D eigenvalue weighted by atomic mass is 9.98. The molecular weight excluding hydrogens is 180 g/mol. The molecule has 1 atom stereocenters. The first-order valence-electron chi connectivity index (χ1n) is 4.01. The molecule has 0 saturated heterocycles. The second-order valence-corrected chi connectivity index (χ2v) is 4.09. The van der Waals surface area contributed by atoms with Crippen LogP contribution in [0.15, 0.2) is 0 Å². The zero-order chi connectivity index (χ0) is 9.83. The van der Waals surface area contributed by atoms with Crippen molar-refractivity contribution in [2.24, 2.45) is 0 Å². The Labute approximate surface area is 73.9 Å². The quantitative estimate of drug-likeness (QED) is 0.681. The Balaban J connectivity index is 4.34. The molecule has 0 aliphatic rings. The lowest BCUT2D eigenvalue weighted by Crippen LogP contribution is -2.30. The maximum atomic E-state index is 10.4. The molecule has 0 rings (SSSR count). The third-order valence-electron chi connectivity index (χ3n) is 1.83. The van der Waals surface area contributed by atoms with Gasteiger partial charge in [-0.1, -0.05) is 20.3 Å². The van der Waals surface area contributed by atoms with Crippen molar-refractivity contribution in [2.45, 2.75) is 45.6 Å². The Bertz CT molecular complexity index is 222. The third-order valence-corrected chi connectivity index (χ3v) is 2.45. The van der Waals surface area contributed by atoms with Crippen LogP contribution in [-0.4, -0.2) is 18.6 Å². The van der Waals surface area contributed by atoms with Crippen LogP contribution in [0.1, 0.15) is 40.0 Å². The maximum Gasteiger partial charge on any atom is 0.397 e. The SMILES string of the molecule is CCCC(C)(CC)OS(=O)(=O)O. The van der Waals surface area contributed by atoms with Crippen LogP contribution in [0.3, 0.4) is 0 Å². The van der Waals surface area contributed by atoms with Gasteiger partial charge in [0.1, 0.15) is 0 Å². The van der Waals surface area contributed by atoms with Crippen molar-refractivity contribution in [2.75, 3.05) is 0 Å². The average Bonchev–Trinajstić information content (AvgIpc) is 1.84.